The minimum absolute atomic E-state index is 0.0267. The molecule has 0 aromatic heterocycles. The number of nitrogens with one attached hydrogen (secondary N) is 1. The lowest BCUT2D eigenvalue weighted by atomic mass is 10.1. The molecule has 0 spiro atoms. The number of carbonyl (C=O) groups is 1. The lowest BCUT2D eigenvalue weighted by molar-refractivity contribution is -0.138. The zero-order valence-corrected chi connectivity index (χ0v) is 14.1. The van der Waals surface area contributed by atoms with Crippen molar-refractivity contribution in [3.63, 3.8) is 0 Å². The highest BCUT2D eigenvalue weighted by molar-refractivity contribution is 9.10. The van der Waals surface area contributed by atoms with Crippen LogP contribution < -0.4 is 10.1 Å². The molecule has 2 atom stereocenters. The molecule has 1 heterocycles. The van der Waals surface area contributed by atoms with Gasteiger partial charge >= 0.3 is 5.97 Å². The second kappa shape index (κ2) is 6.37. The van der Waals surface area contributed by atoms with Gasteiger partial charge in [-0.2, -0.15) is 0 Å². The first kappa shape index (κ1) is 15.7. The maximum atomic E-state index is 10.9. The third kappa shape index (κ3) is 3.30. The van der Waals surface area contributed by atoms with Gasteiger partial charge in [-0.3, -0.25) is 10.1 Å². The Morgan fingerprint density at radius 1 is 1.50 bits per heavy atom. The van der Waals surface area contributed by atoms with Crippen molar-refractivity contribution in [1.29, 1.82) is 0 Å². The van der Waals surface area contributed by atoms with Gasteiger partial charge in [0.15, 0.2) is 0 Å². The lowest BCUT2D eigenvalue weighted by Gasteiger charge is -2.18. The molecule has 2 unspecified atom stereocenters. The normalized spacial score (nSPS) is 22.0. The van der Waals surface area contributed by atoms with Gasteiger partial charge in [0, 0.05) is 10.2 Å². The molecule has 1 saturated heterocycles. The summed E-state index contributed by atoms with van der Waals surface area (Å²) >= 11 is 5.13. The molecule has 2 N–H and O–H groups in total. The molecular weight excluding hydrogens is 342 g/mol. The number of benzene rings is 1. The van der Waals surface area contributed by atoms with Crippen LogP contribution in [0, 0.1) is 20.8 Å². The fraction of sp³-hybridized carbons (Fsp3) is 0.500. The van der Waals surface area contributed by atoms with Gasteiger partial charge < -0.3 is 9.84 Å². The van der Waals surface area contributed by atoms with Gasteiger partial charge in [-0.15, -0.1) is 11.8 Å². The van der Waals surface area contributed by atoms with Gasteiger partial charge in [0.25, 0.3) is 0 Å². The minimum atomic E-state index is -0.799. The number of aryl methyl sites for hydroxylation is 1. The van der Waals surface area contributed by atoms with E-state index in [0.717, 1.165) is 21.3 Å². The van der Waals surface area contributed by atoms with Gasteiger partial charge in [0.1, 0.15) is 18.4 Å². The Balaban J connectivity index is 2.02. The number of carboxylic acids is 1. The number of hydrogen-bond acceptors (Lipinski definition) is 4. The smallest absolute Gasteiger partial charge is 0.321 e. The van der Waals surface area contributed by atoms with Gasteiger partial charge in [0.2, 0.25) is 0 Å². The topological polar surface area (TPSA) is 58.6 Å². The summed E-state index contributed by atoms with van der Waals surface area (Å²) in [6.45, 7) is 6.57. The molecule has 110 valence electrons. The molecule has 2 rings (SSSR count). The molecule has 0 aliphatic carbocycles. The van der Waals surface area contributed by atoms with Crippen LogP contribution in [-0.2, 0) is 4.79 Å². The monoisotopic (exact) mass is 359 g/mol. The van der Waals surface area contributed by atoms with Gasteiger partial charge in [-0.05, 0) is 43.5 Å². The molecule has 6 heteroatoms. The predicted molar refractivity (Wildman–Crippen MR) is 84.7 cm³/mol. The zero-order valence-electron chi connectivity index (χ0n) is 11.7. The van der Waals surface area contributed by atoms with Crippen molar-refractivity contribution >= 4 is 33.7 Å². The molecule has 4 nitrogen and oxygen atoms in total. The van der Waals surface area contributed by atoms with E-state index in [2.05, 4.69) is 28.2 Å². The number of rotatable bonds is 4. The van der Waals surface area contributed by atoms with Crippen LogP contribution in [0.4, 0.5) is 0 Å². The highest BCUT2D eigenvalue weighted by Crippen LogP contribution is 2.32. The first-order chi connectivity index (χ1) is 9.40. The van der Waals surface area contributed by atoms with Crippen molar-refractivity contribution < 1.29 is 14.6 Å². The van der Waals surface area contributed by atoms with Gasteiger partial charge in [-0.1, -0.05) is 15.9 Å². The maximum absolute atomic E-state index is 10.9. The molecule has 1 aliphatic heterocycles. The summed E-state index contributed by atoms with van der Waals surface area (Å²) < 4.78 is 7.00. The largest absolute Gasteiger partial charge is 0.491 e. The Hall–Kier alpha value is -0.720. The SMILES string of the molecule is Cc1cc(Br)c(C)c(C)c1OCC1NC(C(=O)O)CS1. The van der Waals surface area contributed by atoms with E-state index in [1.807, 2.05) is 19.9 Å². The first-order valence-electron chi connectivity index (χ1n) is 6.39. The number of halogens is 1. The predicted octanol–water partition coefficient (Wildman–Crippen LogP) is 2.87. The van der Waals surface area contributed by atoms with E-state index in [9.17, 15) is 4.79 Å². The number of carboxylic acid groups (broad SMARTS) is 1. The summed E-state index contributed by atoms with van der Waals surface area (Å²) in [5.41, 5.74) is 3.37. The van der Waals surface area contributed by atoms with Crippen LogP contribution >= 0.6 is 27.7 Å². The summed E-state index contributed by atoms with van der Waals surface area (Å²) in [5, 5.41) is 12.0. The third-order valence-corrected chi connectivity index (χ3v) is 5.52. The highest BCUT2D eigenvalue weighted by Gasteiger charge is 2.29. The highest BCUT2D eigenvalue weighted by atomic mass is 79.9. The van der Waals surface area contributed by atoms with Crippen LogP contribution in [0.15, 0.2) is 10.5 Å². The summed E-state index contributed by atoms with van der Waals surface area (Å²) in [6, 6.07) is 1.58. The van der Waals surface area contributed by atoms with Crippen LogP contribution in [0.5, 0.6) is 5.75 Å². The average molecular weight is 360 g/mol. The van der Waals surface area contributed by atoms with Gasteiger partial charge in [-0.25, -0.2) is 0 Å². The number of thioether (sulfide) groups is 1. The molecule has 0 bridgehead atoms. The van der Waals surface area contributed by atoms with Crippen LogP contribution in [-0.4, -0.2) is 34.9 Å². The van der Waals surface area contributed by atoms with E-state index < -0.39 is 12.0 Å². The second-order valence-corrected chi connectivity index (χ2v) is 7.03. The molecule has 1 fully saturated rings. The molecule has 0 saturated carbocycles. The van der Waals surface area contributed by atoms with Crippen molar-refractivity contribution in [2.45, 2.75) is 32.2 Å². The maximum Gasteiger partial charge on any atom is 0.321 e. The van der Waals surface area contributed by atoms with Crippen molar-refractivity contribution in [3.05, 3.63) is 27.2 Å². The minimum Gasteiger partial charge on any atom is -0.491 e. The number of aliphatic carboxylic acids is 1. The fourth-order valence-corrected chi connectivity index (χ4v) is 3.89. The van der Waals surface area contributed by atoms with Gasteiger partial charge in [0.05, 0.1) is 5.37 Å². The molecule has 1 aromatic carbocycles. The number of hydrogen-bond donors (Lipinski definition) is 2. The van der Waals surface area contributed by atoms with Crippen molar-refractivity contribution in [2.24, 2.45) is 0 Å². The van der Waals surface area contributed by atoms with E-state index in [4.69, 9.17) is 9.84 Å². The van der Waals surface area contributed by atoms with E-state index in [0.29, 0.717) is 12.4 Å². The molecule has 1 aliphatic rings. The third-order valence-electron chi connectivity index (χ3n) is 3.49. The van der Waals surface area contributed by atoms with E-state index in [1.54, 1.807) is 11.8 Å². The van der Waals surface area contributed by atoms with Crippen molar-refractivity contribution in [1.82, 2.24) is 5.32 Å². The molecule has 20 heavy (non-hydrogen) atoms. The van der Waals surface area contributed by atoms with E-state index >= 15 is 0 Å². The van der Waals surface area contributed by atoms with Crippen molar-refractivity contribution in [3.8, 4) is 5.75 Å². The summed E-state index contributed by atoms with van der Waals surface area (Å²) in [7, 11) is 0. The Morgan fingerprint density at radius 2 is 2.20 bits per heavy atom. The Kier molecular flexibility index (Phi) is 4.99. The fourth-order valence-electron chi connectivity index (χ4n) is 2.16. The molecular formula is C14H18BrNO3S. The summed E-state index contributed by atoms with van der Waals surface area (Å²) in [4.78, 5) is 10.9. The van der Waals surface area contributed by atoms with Crippen LogP contribution in [0.25, 0.3) is 0 Å². The van der Waals surface area contributed by atoms with Crippen LogP contribution in [0.3, 0.4) is 0 Å². The average Bonchev–Trinajstić information content (AvgIpc) is 2.85. The second-order valence-electron chi connectivity index (χ2n) is 4.94. The van der Waals surface area contributed by atoms with Crippen molar-refractivity contribution in [2.75, 3.05) is 12.4 Å². The quantitative estimate of drug-likeness (QED) is 0.865. The summed E-state index contributed by atoms with van der Waals surface area (Å²) in [5.74, 6) is 0.680. The Morgan fingerprint density at radius 3 is 2.80 bits per heavy atom. The molecule has 0 amide bonds. The first-order valence-corrected chi connectivity index (χ1v) is 8.24. The molecule has 0 radical (unpaired) electrons. The zero-order chi connectivity index (χ0) is 14.9. The number of ether oxygens (including phenoxy) is 1. The summed E-state index contributed by atoms with van der Waals surface area (Å²) in [6.07, 6.45) is 0. The van der Waals surface area contributed by atoms with E-state index in [-0.39, 0.29) is 5.37 Å². The van der Waals surface area contributed by atoms with Crippen LogP contribution in [0.2, 0.25) is 0 Å². The standard InChI is InChI=1S/C14H18BrNO3S/c1-7-4-10(15)8(2)9(3)13(7)19-5-12-16-11(6-20-12)14(17)18/h4,11-12,16H,5-6H2,1-3H3,(H,17,18). The van der Waals surface area contributed by atoms with E-state index in [1.165, 1.54) is 5.56 Å². The van der Waals surface area contributed by atoms with Crippen LogP contribution in [0.1, 0.15) is 16.7 Å². The lowest BCUT2D eigenvalue weighted by Crippen LogP contribution is -2.38. The Bertz CT molecular complexity index is 536. The molecule has 1 aromatic rings. The Labute approximate surface area is 131 Å².